The number of fused-ring (bicyclic) bond motifs is 2. The number of hydrogen-bond donors (Lipinski definition) is 2. The molecular formula is C27H21F2N3O2. The predicted molar refractivity (Wildman–Crippen MR) is 128 cm³/mol. The molecule has 5 nitrogen and oxygen atoms in total. The number of benzene rings is 3. The quantitative estimate of drug-likeness (QED) is 0.339. The standard InChI is InChI=1S/C27H21F2N3O2/c28-19-11-8-17(9-12-19)16-32-23(26-20(27(32)34)5-3-6-21(26)29)13-15-25(33)31-24-14-10-18-4-1-2-7-22(18)30-24/h1-12,14,34H,13,15-16H2,(H,30,31,33). The van der Waals surface area contributed by atoms with Crippen LogP contribution in [0.5, 0.6) is 5.88 Å². The first-order valence-corrected chi connectivity index (χ1v) is 10.9. The number of carbonyl (C=O) groups is 1. The number of anilines is 1. The Balaban J connectivity index is 1.41. The fraction of sp³-hybridized carbons (Fsp3) is 0.111. The van der Waals surface area contributed by atoms with Gasteiger partial charge in [-0.05, 0) is 54.4 Å². The molecule has 170 valence electrons. The summed E-state index contributed by atoms with van der Waals surface area (Å²) in [7, 11) is 0. The molecule has 34 heavy (non-hydrogen) atoms. The van der Waals surface area contributed by atoms with Gasteiger partial charge in [0, 0.05) is 28.3 Å². The molecule has 0 radical (unpaired) electrons. The number of pyridine rings is 1. The summed E-state index contributed by atoms with van der Waals surface area (Å²) in [5, 5.41) is 15.2. The molecule has 7 heteroatoms. The molecule has 0 fully saturated rings. The van der Waals surface area contributed by atoms with E-state index in [2.05, 4.69) is 10.3 Å². The summed E-state index contributed by atoms with van der Waals surface area (Å²) in [5.41, 5.74) is 2.01. The zero-order valence-electron chi connectivity index (χ0n) is 18.1. The highest BCUT2D eigenvalue weighted by atomic mass is 19.1. The van der Waals surface area contributed by atoms with Crippen molar-refractivity contribution in [3.8, 4) is 5.88 Å². The second-order valence-corrected chi connectivity index (χ2v) is 8.08. The Labute approximate surface area is 194 Å². The maximum atomic E-state index is 14.8. The summed E-state index contributed by atoms with van der Waals surface area (Å²) in [4.78, 5) is 17.1. The third-order valence-electron chi connectivity index (χ3n) is 5.83. The molecule has 5 rings (SSSR count). The Hall–Kier alpha value is -4.26. The highest BCUT2D eigenvalue weighted by Gasteiger charge is 2.20. The summed E-state index contributed by atoms with van der Waals surface area (Å²) < 4.78 is 29.7. The number of rotatable bonds is 6. The van der Waals surface area contributed by atoms with E-state index in [0.717, 1.165) is 16.5 Å². The number of aromatic hydroxyl groups is 1. The average molecular weight is 457 g/mol. The minimum atomic E-state index is -0.475. The van der Waals surface area contributed by atoms with Crippen molar-refractivity contribution in [2.24, 2.45) is 0 Å². The Morgan fingerprint density at radius 1 is 0.941 bits per heavy atom. The van der Waals surface area contributed by atoms with Gasteiger partial charge in [-0.3, -0.25) is 4.79 Å². The van der Waals surface area contributed by atoms with Gasteiger partial charge in [0.25, 0.3) is 0 Å². The Bertz CT molecular complexity index is 1510. The fourth-order valence-electron chi connectivity index (χ4n) is 4.19. The second-order valence-electron chi connectivity index (χ2n) is 8.08. The number of halogens is 2. The van der Waals surface area contributed by atoms with E-state index in [1.54, 1.807) is 28.8 Å². The molecule has 1 amide bonds. The van der Waals surface area contributed by atoms with Crippen LogP contribution in [-0.4, -0.2) is 20.6 Å². The van der Waals surface area contributed by atoms with Crippen LogP contribution in [0.2, 0.25) is 0 Å². The monoisotopic (exact) mass is 457 g/mol. The van der Waals surface area contributed by atoms with Crippen molar-refractivity contribution in [1.29, 1.82) is 0 Å². The maximum absolute atomic E-state index is 14.8. The molecule has 5 aromatic rings. The van der Waals surface area contributed by atoms with Crippen molar-refractivity contribution in [3.05, 3.63) is 102 Å². The molecule has 0 spiro atoms. The van der Waals surface area contributed by atoms with Gasteiger partial charge in [0.15, 0.2) is 5.88 Å². The molecule has 0 aliphatic heterocycles. The van der Waals surface area contributed by atoms with E-state index in [-0.39, 0.29) is 42.4 Å². The van der Waals surface area contributed by atoms with Gasteiger partial charge in [0.1, 0.15) is 17.5 Å². The lowest BCUT2D eigenvalue weighted by Gasteiger charge is -2.12. The van der Waals surface area contributed by atoms with E-state index in [4.69, 9.17) is 0 Å². The number of aromatic nitrogens is 2. The number of nitrogens with one attached hydrogen (secondary N) is 1. The molecule has 0 bridgehead atoms. The van der Waals surface area contributed by atoms with E-state index in [1.807, 2.05) is 30.3 Å². The van der Waals surface area contributed by atoms with E-state index in [1.165, 1.54) is 24.3 Å². The zero-order valence-corrected chi connectivity index (χ0v) is 18.1. The summed E-state index contributed by atoms with van der Waals surface area (Å²) in [6, 6.07) is 21.6. The number of aryl methyl sites for hydroxylation is 1. The topological polar surface area (TPSA) is 67.2 Å². The van der Waals surface area contributed by atoms with E-state index in [0.29, 0.717) is 16.9 Å². The molecule has 0 aliphatic rings. The van der Waals surface area contributed by atoms with Crippen LogP contribution in [-0.2, 0) is 17.8 Å². The van der Waals surface area contributed by atoms with Crippen molar-refractivity contribution in [2.45, 2.75) is 19.4 Å². The van der Waals surface area contributed by atoms with Crippen molar-refractivity contribution < 1.29 is 18.7 Å². The Morgan fingerprint density at radius 3 is 2.56 bits per heavy atom. The summed E-state index contributed by atoms with van der Waals surface area (Å²) in [5.74, 6) is -0.774. The molecule has 3 aromatic carbocycles. The molecule has 0 atom stereocenters. The van der Waals surface area contributed by atoms with E-state index in [9.17, 15) is 18.7 Å². The zero-order chi connectivity index (χ0) is 23.7. The molecular weight excluding hydrogens is 436 g/mol. The molecule has 0 unspecified atom stereocenters. The van der Waals surface area contributed by atoms with Crippen LogP contribution in [0.4, 0.5) is 14.6 Å². The number of nitrogens with zero attached hydrogens (tertiary/aromatic N) is 2. The molecule has 2 heterocycles. The van der Waals surface area contributed by atoms with Crippen molar-refractivity contribution in [2.75, 3.05) is 5.32 Å². The molecule has 2 aromatic heterocycles. The van der Waals surface area contributed by atoms with Crippen molar-refractivity contribution in [3.63, 3.8) is 0 Å². The third kappa shape index (κ3) is 4.20. The predicted octanol–water partition coefficient (Wildman–Crippen LogP) is 5.79. The van der Waals surface area contributed by atoms with Crippen LogP contribution in [0.25, 0.3) is 21.7 Å². The molecule has 0 saturated heterocycles. The minimum absolute atomic E-state index is 0.0603. The SMILES string of the molecule is O=C(CCc1c2c(F)cccc2c(O)n1Cc1ccc(F)cc1)Nc1ccc2ccccc2n1. The smallest absolute Gasteiger partial charge is 0.225 e. The van der Waals surface area contributed by atoms with E-state index >= 15 is 0 Å². The Morgan fingerprint density at radius 2 is 1.74 bits per heavy atom. The van der Waals surface area contributed by atoms with Gasteiger partial charge in [0.05, 0.1) is 12.1 Å². The second kappa shape index (κ2) is 8.94. The van der Waals surface area contributed by atoms with Gasteiger partial charge < -0.3 is 15.0 Å². The van der Waals surface area contributed by atoms with Crippen LogP contribution in [0.3, 0.4) is 0 Å². The first-order chi connectivity index (χ1) is 16.5. The molecule has 0 aliphatic carbocycles. The third-order valence-corrected chi connectivity index (χ3v) is 5.83. The van der Waals surface area contributed by atoms with Gasteiger partial charge in [-0.15, -0.1) is 0 Å². The van der Waals surface area contributed by atoms with Crippen LogP contribution in [0.15, 0.2) is 78.9 Å². The lowest BCUT2D eigenvalue weighted by Crippen LogP contribution is -2.15. The first kappa shape index (κ1) is 21.6. The molecule has 2 N–H and O–H groups in total. The van der Waals surface area contributed by atoms with Crippen LogP contribution < -0.4 is 5.32 Å². The maximum Gasteiger partial charge on any atom is 0.225 e. The van der Waals surface area contributed by atoms with Gasteiger partial charge >= 0.3 is 0 Å². The lowest BCUT2D eigenvalue weighted by atomic mass is 10.1. The van der Waals surface area contributed by atoms with Gasteiger partial charge in [0.2, 0.25) is 5.91 Å². The largest absolute Gasteiger partial charge is 0.494 e. The van der Waals surface area contributed by atoms with Gasteiger partial charge in [-0.2, -0.15) is 0 Å². The molecule has 0 saturated carbocycles. The van der Waals surface area contributed by atoms with Gasteiger partial charge in [-0.1, -0.05) is 36.4 Å². The number of hydrogen-bond acceptors (Lipinski definition) is 3. The number of para-hydroxylation sites is 1. The van der Waals surface area contributed by atoms with Crippen LogP contribution >= 0.6 is 0 Å². The summed E-state index contributed by atoms with van der Waals surface area (Å²) in [6.45, 7) is 0.212. The van der Waals surface area contributed by atoms with Crippen LogP contribution in [0.1, 0.15) is 17.7 Å². The van der Waals surface area contributed by atoms with E-state index < -0.39 is 5.82 Å². The summed E-state index contributed by atoms with van der Waals surface area (Å²) in [6.07, 6.45) is 0.253. The minimum Gasteiger partial charge on any atom is -0.494 e. The number of carbonyl (C=O) groups excluding carboxylic acids is 1. The Kier molecular flexibility index (Phi) is 5.67. The summed E-state index contributed by atoms with van der Waals surface area (Å²) >= 11 is 0. The average Bonchev–Trinajstić information content (AvgIpc) is 3.11. The van der Waals surface area contributed by atoms with Crippen LogP contribution in [0, 0.1) is 11.6 Å². The highest BCUT2D eigenvalue weighted by Crippen LogP contribution is 2.35. The lowest BCUT2D eigenvalue weighted by molar-refractivity contribution is -0.116. The number of amides is 1. The van der Waals surface area contributed by atoms with Crippen molar-refractivity contribution in [1.82, 2.24) is 9.55 Å². The first-order valence-electron chi connectivity index (χ1n) is 10.9. The van der Waals surface area contributed by atoms with Gasteiger partial charge in [-0.25, -0.2) is 13.8 Å². The normalized spacial score (nSPS) is 11.2. The fourth-order valence-corrected chi connectivity index (χ4v) is 4.19. The highest BCUT2D eigenvalue weighted by molar-refractivity contribution is 5.94. The van der Waals surface area contributed by atoms with Crippen molar-refractivity contribution >= 4 is 33.4 Å².